The highest BCUT2D eigenvalue weighted by Crippen LogP contribution is 2.29. The maximum atomic E-state index is 10.5. The smallest absolute Gasteiger partial charge is 0.337 e. The average Bonchev–Trinajstić information content (AvgIpc) is 3.08. The fourth-order valence-corrected chi connectivity index (χ4v) is 3.41. The lowest BCUT2D eigenvalue weighted by Crippen LogP contribution is -2.07. The first-order valence-electron chi connectivity index (χ1n) is 9.21. The first-order valence-corrected chi connectivity index (χ1v) is 9.21. The molecule has 2 aromatic carbocycles. The minimum atomic E-state index is -0.947. The molecule has 0 saturated carbocycles. The van der Waals surface area contributed by atoms with Gasteiger partial charge in [-0.3, -0.25) is 9.88 Å². The Hall–Kier alpha value is -3.18. The predicted molar refractivity (Wildman–Crippen MR) is 113 cm³/mol. The van der Waals surface area contributed by atoms with Crippen molar-refractivity contribution in [2.24, 2.45) is 0 Å². The van der Waals surface area contributed by atoms with Gasteiger partial charge < -0.3 is 10.4 Å². The molecule has 5 heteroatoms. The molecule has 0 bridgehead atoms. The first kappa shape index (κ1) is 19.6. The number of carboxylic acids is 1. The molecule has 0 spiro atoms. The summed E-state index contributed by atoms with van der Waals surface area (Å²) in [5, 5.41) is 11.4. The van der Waals surface area contributed by atoms with Gasteiger partial charge in [-0.15, -0.1) is 0 Å². The molecule has 1 aliphatic heterocycles. The number of carbonyl (C=O) groups is 1. The summed E-state index contributed by atoms with van der Waals surface area (Å²) in [7, 11) is 3.83. The Balaban J connectivity index is 0.000000178. The van der Waals surface area contributed by atoms with E-state index in [2.05, 4.69) is 71.6 Å². The van der Waals surface area contributed by atoms with Gasteiger partial charge in [-0.05, 0) is 53.9 Å². The van der Waals surface area contributed by atoms with Gasteiger partial charge in [-0.2, -0.15) is 0 Å². The number of nitrogens with zero attached hydrogens (tertiary/aromatic N) is 2. The zero-order valence-electron chi connectivity index (χ0n) is 16.4. The van der Waals surface area contributed by atoms with Crippen LogP contribution in [-0.2, 0) is 13.1 Å². The van der Waals surface area contributed by atoms with Gasteiger partial charge in [0.15, 0.2) is 0 Å². The topological polar surface area (TPSA) is 65.5 Å². The molecule has 1 aliphatic rings. The van der Waals surface area contributed by atoms with Crippen molar-refractivity contribution in [3.8, 4) is 11.1 Å². The van der Waals surface area contributed by atoms with E-state index < -0.39 is 5.97 Å². The Morgan fingerprint density at radius 3 is 2.54 bits per heavy atom. The SMILES string of the molecule is CNc1cnccc1C(=O)O.Cc1ccccc1-c1ccc2c(c1)CN(C)C2. The zero-order chi connectivity index (χ0) is 20.1. The molecule has 1 aromatic heterocycles. The molecule has 28 heavy (non-hydrogen) atoms. The van der Waals surface area contributed by atoms with Crippen LogP contribution in [-0.4, -0.2) is 35.1 Å². The van der Waals surface area contributed by atoms with E-state index >= 15 is 0 Å². The summed E-state index contributed by atoms with van der Waals surface area (Å²) in [4.78, 5) is 16.6. The summed E-state index contributed by atoms with van der Waals surface area (Å²) in [6, 6.07) is 16.9. The summed E-state index contributed by atoms with van der Waals surface area (Å²) in [6.07, 6.45) is 2.92. The molecule has 4 rings (SSSR count). The molecule has 0 fully saturated rings. The number of aromatic nitrogens is 1. The van der Waals surface area contributed by atoms with Crippen LogP contribution >= 0.6 is 0 Å². The molecule has 0 saturated heterocycles. The number of fused-ring (bicyclic) bond motifs is 1. The molecule has 2 heterocycles. The summed E-state index contributed by atoms with van der Waals surface area (Å²) in [5.74, 6) is -0.947. The fraction of sp³-hybridized carbons (Fsp3) is 0.217. The second kappa shape index (κ2) is 8.67. The molecule has 0 aliphatic carbocycles. The van der Waals surface area contributed by atoms with Gasteiger partial charge in [0, 0.05) is 26.3 Å². The Morgan fingerprint density at radius 1 is 1.11 bits per heavy atom. The van der Waals surface area contributed by atoms with Crippen molar-refractivity contribution in [2.75, 3.05) is 19.4 Å². The van der Waals surface area contributed by atoms with E-state index in [0.717, 1.165) is 13.1 Å². The molecule has 0 unspecified atom stereocenters. The quantitative estimate of drug-likeness (QED) is 0.709. The second-order valence-electron chi connectivity index (χ2n) is 6.95. The summed E-state index contributed by atoms with van der Waals surface area (Å²) in [5.41, 5.74) is 7.77. The van der Waals surface area contributed by atoms with Gasteiger partial charge in [0.1, 0.15) is 0 Å². The Bertz CT molecular complexity index is 985. The van der Waals surface area contributed by atoms with Gasteiger partial charge in [0.05, 0.1) is 17.4 Å². The van der Waals surface area contributed by atoms with Crippen molar-refractivity contribution in [2.45, 2.75) is 20.0 Å². The van der Waals surface area contributed by atoms with E-state index in [1.54, 1.807) is 7.05 Å². The number of nitrogens with one attached hydrogen (secondary N) is 1. The van der Waals surface area contributed by atoms with E-state index in [9.17, 15) is 4.79 Å². The lowest BCUT2D eigenvalue weighted by molar-refractivity contribution is 0.0698. The van der Waals surface area contributed by atoms with Crippen molar-refractivity contribution in [3.05, 3.63) is 83.2 Å². The fourth-order valence-electron chi connectivity index (χ4n) is 3.41. The standard InChI is InChI=1S/C16H17N.C7H8N2O2/c1-12-5-3-4-6-16(12)13-7-8-14-10-17(2)11-15(14)9-13;1-8-6-4-9-3-2-5(6)7(10)11/h3-9H,10-11H2,1-2H3;2-4,8H,1H3,(H,10,11). The minimum absolute atomic E-state index is 0.238. The van der Waals surface area contributed by atoms with Crippen molar-refractivity contribution in [1.29, 1.82) is 0 Å². The van der Waals surface area contributed by atoms with Gasteiger partial charge >= 0.3 is 5.97 Å². The number of aryl methyl sites for hydroxylation is 1. The number of benzene rings is 2. The van der Waals surface area contributed by atoms with Crippen LogP contribution < -0.4 is 5.32 Å². The number of aromatic carboxylic acids is 1. The van der Waals surface area contributed by atoms with Crippen LogP contribution in [0.2, 0.25) is 0 Å². The van der Waals surface area contributed by atoms with Crippen LogP contribution in [0.4, 0.5) is 5.69 Å². The van der Waals surface area contributed by atoms with Gasteiger partial charge in [0.2, 0.25) is 0 Å². The Labute approximate surface area is 165 Å². The molecule has 2 N–H and O–H groups in total. The van der Waals surface area contributed by atoms with Crippen LogP contribution in [0.25, 0.3) is 11.1 Å². The number of rotatable bonds is 3. The van der Waals surface area contributed by atoms with Gasteiger partial charge in [0.25, 0.3) is 0 Å². The van der Waals surface area contributed by atoms with Crippen molar-refractivity contribution < 1.29 is 9.90 Å². The van der Waals surface area contributed by atoms with E-state index in [-0.39, 0.29) is 5.56 Å². The summed E-state index contributed by atoms with van der Waals surface area (Å²) >= 11 is 0. The van der Waals surface area contributed by atoms with Crippen LogP contribution in [0.1, 0.15) is 27.0 Å². The van der Waals surface area contributed by atoms with Crippen LogP contribution in [0.3, 0.4) is 0 Å². The van der Waals surface area contributed by atoms with Crippen LogP contribution in [0, 0.1) is 6.92 Å². The summed E-state index contributed by atoms with van der Waals surface area (Å²) < 4.78 is 0. The highest BCUT2D eigenvalue weighted by Gasteiger charge is 2.16. The van der Waals surface area contributed by atoms with Gasteiger partial charge in [-0.1, -0.05) is 36.4 Å². The first-order chi connectivity index (χ1) is 13.5. The minimum Gasteiger partial charge on any atom is -0.478 e. The molecular weight excluding hydrogens is 350 g/mol. The number of hydrogen-bond donors (Lipinski definition) is 2. The van der Waals surface area contributed by atoms with E-state index in [1.165, 1.54) is 46.3 Å². The number of carboxylic acid groups (broad SMARTS) is 1. The molecule has 5 nitrogen and oxygen atoms in total. The molecule has 0 atom stereocenters. The molecule has 0 radical (unpaired) electrons. The zero-order valence-corrected chi connectivity index (χ0v) is 16.4. The molecular formula is C23H25N3O2. The highest BCUT2D eigenvalue weighted by atomic mass is 16.4. The van der Waals surface area contributed by atoms with E-state index in [4.69, 9.17) is 5.11 Å². The van der Waals surface area contributed by atoms with Crippen molar-refractivity contribution >= 4 is 11.7 Å². The third-order valence-electron chi connectivity index (χ3n) is 4.86. The van der Waals surface area contributed by atoms with Crippen molar-refractivity contribution in [1.82, 2.24) is 9.88 Å². The predicted octanol–water partition coefficient (Wildman–Crippen LogP) is 4.43. The third-order valence-corrected chi connectivity index (χ3v) is 4.86. The maximum absolute atomic E-state index is 10.5. The number of anilines is 1. The highest BCUT2D eigenvalue weighted by molar-refractivity contribution is 5.93. The number of hydrogen-bond acceptors (Lipinski definition) is 4. The Morgan fingerprint density at radius 2 is 1.86 bits per heavy atom. The van der Waals surface area contributed by atoms with Gasteiger partial charge in [-0.25, -0.2) is 4.79 Å². The normalized spacial score (nSPS) is 12.7. The summed E-state index contributed by atoms with van der Waals surface area (Å²) in [6.45, 7) is 4.34. The lowest BCUT2D eigenvalue weighted by Gasteiger charge is -2.07. The van der Waals surface area contributed by atoms with E-state index in [0.29, 0.717) is 5.69 Å². The number of pyridine rings is 1. The van der Waals surface area contributed by atoms with E-state index in [1.807, 2.05) is 0 Å². The Kier molecular flexibility index (Phi) is 6.06. The largest absolute Gasteiger partial charge is 0.478 e. The second-order valence-corrected chi connectivity index (χ2v) is 6.95. The van der Waals surface area contributed by atoms with Crippen molar-refractivity contribution in [3.63, 3.8) is 0 Å². The lowest BCUT2D eigenvalue weighted by atomic mass is 9.97. The molecule has 3 aromatic rings. The molecule has 0 amide bonds. The van der Waals surface area contributed by atoms with Crippen LogP contribution in [0.5, 0.6) is 0 Å². The third kappa shape index (κ3) is 4.38. The average molecular weight is 375 g/mol. The monoisotopic (exact) mass is 375 g/mol. The maximum Gasteiger partial charge on any atom is 0.337 e. The molecule has 144 valence electrons. The van der Waals surface area contributed by atoms with Crippen LogP contribution in [0.15, 0.2) is 60.9 Å².